The minimum atomic E-state index is -0.396. The number of benzene rings is 2. The van der Waals surface area contributed by atoms with Gasteiger partial charge in [0.2, 0.25) is 0 Å². The van der Waals surface area contributed by atoms with Crippen LogP contribution in [-0.4, -0.2) is 51.5 Å². The number of carbonyl (C=O) groups excluding carboxylic acids is 1. The van der Waals surface area contributed by atoms with E-state index in [4.69, 9.17) is 18.9 Å². The number of methoxy groups -OCH3 is 3. The predicted molar refractivity (Wildman–Crippen MR) is 107 cm³/mol. The number of thiazole rings is 1. The summed E-state index contributed by atoms with van der Waals surface area (Å²) in [4.78, 5) is 19.2. The monoisotopic (exact) mass is 400 g/mol. The first-order valence-electron chi connectivity index (χ1n) is 8.74. The first kappa shape index (κ1) is 18.4. The number of para-hydroxylation sites is 1. The molecule has 1 fully saturated rings. The van der Waals surface area contributed by atoms with Gasteiger partial charge in [0.1, 0.15) is 28.9 Å². The number of anilines is 1. The first-order valence-corrected chi connectivity index (χ1v) is 9.55. The molecular formula is C20H20N2O5S. The van der Waals surface area contributed by atoms with E-state index >= 15 is 0 Å². The molecule has 0 aliphatic carbocycles. The third kappa shape index (κ3) is 3.43. The van der Waals surface area contributed by atoms with E-state index in [9.17, 15) is 4.79 Å². The molecule has 0 unspecified atom stereocenters. The van der Waals surface area contributed by atoms with Gasteiger partial charge in [0.25, 0.3) is 0 Å². The molecule has 0 spiro atoms. The predicted octanol–water partition coefficient (Wildman–Crippen LogP) is 3.37. The summed E-state index contributed by atoms with van der Waals surface area (Å²) >= 11 is 1.60. The molecule has 1 aliphatic rings. The van der Waals surface area contributed by atoms with Crippen LogP contribution < -0.4 is 19.1 Å². The van der Waals surface area contributed by atoms with Crippen LogP contribution in [0.15, 0.2) is 36.4 Å². The maximum absolute atomic E-state index is 12.5. The van der Waals surface area contributed by atoms with Gasteiger partial charge in [0.15, 0.2) is 5.13 Å². The van der Waals surface area contributed by atoms with E-state index < -0.39 is 5.97 Å². The summed E-state index contributed by atoms with van der Waals surface area (Å²) in [6.45, 7) is 1.21. The number of nitrogens with zero attached hydrogens (tertiary/aromatic N) is 2. The number of esters is 1. The van der Waals surface area contributed by atoms with E-state index in [0.29, 0.717) is 30.2 Å². The number of carbonyl (C=O) groups is 1. The molecule has 0 bridgehead atoms. The number of aromatic nitrogens is 1. The zero-order valence-corrected chi connectivity index (χ0v) is 16.6. The van der Waals surface area contributed by atoms with E-state index in [1.165, 1.54) is 0 Å². The largest absolute Gasteiger partial charge is 0.497 e. The van der Waals surface area contributed by atoms with Crippen molar-refractivity contribution >= 4 is 32.7 Å². The Labute approximate surface area is 166 Å². The van der Waals surface area contributed by atoms with E-state index in [2.05, 4.69) is 9.88 Å². The minimum Gasteiger partial charge on any atom is -0.497 e. The molecule has 1 saturated heterocycles. The Balaban J connectivity index is 1.41. The van der Waals surface area contributed by atoms with E-state index in [-0.39, 0.29) is 6.10 Å². The van der Waals surface area contributed by atoms with Crippen LogP contribution >= 0.6 is 11.3 Å². The second-order valence-electron chi connectivity index (χ2n) is 6.34. The fraction of sp³-hybridized carbons (Fsp3) is 0.300. The molecule has 1 aromatic heterocycles. The summed E-state index contributed by atoms with van der Waals surface area (Å²) in [5.74, 6) is 1.46. The molecule has 2 aromatic carbocycles. The maximum atomic E-state index is 12.5. The number of rotatable bonds is 6. The van der Waals surface area contributed by atoms with Crippen molar-refractivity contribution in [3.8, 4) is 17.2 Å². The van der Waals surface area contributed by atoms with Crippen molar-refractivity contribution in [1.29, 1.82) is 0 Å². The Hall–Kier alpha value is -3.00. The molecule has 2 heterocycles. The van der Waals surface area contributed by atoms with Crippen LogP contribution in [0.3, 0.4) is 0 Å². The van der Waals surface area contributed by atoms with Crippen molar-refractivity contribution in [3.05, 3.63) is 42.0 Å². The van der Waals surface area contributed by atoms with Crippen LogP contribution in [-0.2, 0) is 4.74 Å². The van der Waals surface area contributed by atoms with Gasteiger partial charge in [-0.1, -0.05) is 17.4 Å². The summed E-state index contributed by atoms with van der Waals surface area (Å²) in [6.07, 6.45) is -0.182. The van der Waals surface area contributed by atoms with Crippen LogP contribution in [0.2, 0.25) is 0 Å². The highest BCUT2D eigenvalue weighted by molar-refractivity contribution is 7.22. The van der Waals surface area contributed by atoms with Gasteiger partial charge in [0.05, 0.1) is 44.7 Å². The van der Waals surface area contributed by atoms with Crippen LogP contribution in [0.5, 0.6) is 17.2 Å². The number of hydrogen-bond donors (Lipinski definition) is 0. The standard InChI is InChI=1S/C20H20N2O5S/c1-24-13-7-12(8-14(9-13)25-2)19(23)27-15-10-22(11-15)20-21-18-16(26-3)5-4-6-17(18)28-20/h4-9,15H,10-11H2,1-3H3. The summed E-state index contributed by atoms with van der Waals surface area (Å²) in [5.41, 5.74) is 1.26. The second-order valence-corrected chi connectivity index (χ2v) is 7.35. The van der Waals surface area contributed by atoms with Gasteiger partial charge >= 0.3 is 5.97 Å². The summed E-state index contributed by atoms with van der Waals surface area (Å²) in [7, 11) is 4.72. The molecule has 146 valence electrons. The average Bonchev–Trinajstić information content (AvgIpc) is 3.13. The maximum Gasteiger partial charge on any atom is 0.338 e. The zero-order chi connectivity index (χ0) is 19.7. The second kappa shape index (κ2) is 7.55. The van der Waals surface area contributed by atoms with Gasteiger partial charge in [-0.2, -0.15) is 0 Å². The summed E-state index contributed by atoms with van der Waals surface area (Å²) < 4.78 is 22.4. The van der Waals surface area contributed by atoms with Crippen molar-refractivity contribution < 1.29 is 23.7 Å². The Bertz CT molecular complexity index is 991. The number of hydrogen-bond acceptors (Lipinski definition) is 8. The van der Waals surface area contributed by atoms with Crippen LogP contribution in [0, 0.1) is 0 Å². The van der Waals surface area contributed by atoms with Gasteiger partial charge < -0.3 is 23.8 Å². The van der Waals surface area contributed by atoms with E-state index in [1.807, 2.05) is 18.2 Å². The van der Waals surface area contributed by atoms with Gasteiger partial charge in [-0.15, -0.1) is 0 Å². The molecule has 4 rings (SSSR count). The van der Waals surface area contributed by atoms with E-state index in [0.717, 1.165) is 21.1 Å². The Kier molecular flexibility index (Phi) is 4.95. The van der Waals surface area contributed by atoms with Crippen molar-refractivity contribution in [2.24, 2.45) is 0 Å². The lowest BCUT2D eigenvalue weighted by atomic mass is 10.1. The van der Waals surface area contributed by atoms with Crippen molar-refractivity contribution in [1.82, 2.24) is 4.98 Å². The fourth-order valence-electron chi connectivity index (χ4n) is 3.03. The molecule has 3 aromatic rings. The van der Waals surface area contributed by atoms with Gasteiger partial charge in [0, 0.05) is 6.07 Å². The lowest BCUT2D eigenvalue weighted by Gasteiger charge is -2.38. The van der Waals surface area contributed by atoms with Crippen molar-refractivity contribution in [2.45, 2.75) is 6.10 Å². The number of fused-ring (bicyclic) bond motifs is 1. The number of ether oxygens (including phenoxy) is 4. The quantitative estimate of drug-likeness (QED) is 0.588. The average molecular weight is 400 g/mol. The van der Waals surface area contributed by atoms with Crippen molar-refractivity contribution in [2.75, 3.05) is 39.3 Å². The third-order valence-corrected chi connectivity index (χ3v) is 5.65. The van der Waals surface area contributed by atoms with Gasteiger partial charge in [-0.3, -0.25) is 0 Å². The Morgan fingerprint density at radius 3 is 2.43 bits per heavy atom. The molecule has 0 atom stereocenters. The molecule has 1 aliphatic heterocycles. The zero-order valence-electron chi connectivity index (χ0n) is 15.8. The van der Waals surface area contributed by atoms with Crippen LogP contribution in [0.25, 0.3) is 10.2 Å². The summed E-state index contributed by atoms with van der Waals surface area (Å²) in [5, 5.41) is 0.898. The molecular weight excluding hydrogens is 380 g/mol. The van der Waals surface area contributed by atoms with Gasteiger partial charge in [-0.05, 0) is 24.3 Å². The van der Waals surface area contributed by atoms with Crippen LogP contribution in [0.4, 0.5) is 5.13 Å². The smallest absolute Gasteiger partial charge is 0.338 e. The normalized spacial score (nSPS) is 13.9. The molecule has 28 heavy (non-hydrogen) atoms. The SMILES string of the molecule is COc1cc(OC)cc(C(=O)OC2CN(c3nc4c(OC)cccc4s3)C2)c1. The summed E-state index contributed by atoms with van der Waals surface area (Å²) in [6, 6.07) is 10.9. The Morgan fingerprint density at radius 2 is 1.79 bits per heavy atom. The molecule has 7 nitrogen and oxygen atoms in total. The minimum absolute atomic E-state index is 0.182. The molecule has 8 heteroatoms. The third-order valence-electron chi connectivity index (χ3n) is 4.57. The highest BCUT2D eigenvalue weighted by atomic mass is 32.1. The van der Waals surface area contributed by atoms with E-state index in [1.54, 1.807) is 50.9 Å². The Morgan fingerprint density at radius 1 is 1.07 bits per heavy atom. The highest BCUT2D eigenvalue weighted by Gasteiger charge is 2.32. The molecule has 0 amide bonds. The topological polar surface area (TPSA) is 70.1 Å². The van der Waals surface area contributed by atoms with Crippen molar-refractivity contribution in [3.63, 3.8) is 0 Å². The van der Waals surface area contributed by atoms with Gasteiger partial charge in [-0.25, -0.2) is 9.78 Å². The lowest BCUT2D eigenvalue weighted by molar-refractivity contribution is 0.0233. The molecule has 0 radical (unpaired) electrons. The molecule has 0 N–H and O–H groups in total. The first-order chi connectivity index (χ1) is 13.6. The van der Waals surface area contributed by atoms with Crippen LogP contribution in [0.1, 0.15) is 10.4 Å². The lowest BCUT2D eigenvalue weighted by Crippen LogP contribution is -2.53. The highest BCUT2D eigenvalue weighted by Crippen LogP contribution is 2.36. The molecule has 0 saturated carbocycles. The fourth-order valence-corrected chi connectivity index (χ4v) is 4.03.